The highest BCUT2D eigenvalue weighted by molar-refractivity contribution is 7.89. The molecule has 0 bridgehead atoms. The Balaban J connectivity index is 1.17. The molecule has 0 aliphatic heterocycles. The number of pyridine rings is 1. The third-order valence-corrected chi connectivity index (χ3v) is 10.3. The van der Waals surface area contributed by atoms with Crippen LogP contribution in [0.2, 0.25) is 0 Å². The SMILES string of the molecule is O=S(=O)(c1ccc(-c2ccccc2)cc1)N(Cc1ccc(-c2ccc(CNC3CCCCC3)cc2)cc1)Cc1cccnc1. The fraction of sp³-hybridized carbons (Fsp3) is 0.237. The maximum atomic E-state index is 14.0. The van der Waals surface area contributed by atoms with Crippen molar-refractivity contribution in [3.8, 4) is 22.3 Å². The molecule has 1 saturated carbocycles. The highest BCUT2D eigenvalue weighted by Crippen LogP contribution is 2.27. The van der Waals surface area contributed by atoms with Crippen molar-refractivity contribution in [1.82, 2.24) is 14.6 Å². The molecule has 0 spiro atoms. The van der Waals surface area contributed by atoms with Gasteiger partial charge in [0.05, 0.1) is 4.90 Å². The first-order valence-corrected chi connectivity index (χ1v) is 16.9. The number of hydrogen-bond acceptors (Lipinski definition) is 4. The molecule has 5 aromatic rings. The van der Waals surface area contributed by atoms with E-state index in [0.29, 0.717) is 6.04 Å². The van der Waals surface area contributed by atoms with Gasteiger partial charge in [0.25, 0.3) is 0 Å². The van der Waals surface area contributed by atoms with E-state index < -0.39 is 10.0 Å². The van der Waals surface area contributed by atoms with Gasteiger partial charge in [0.2, 0.25) is 10.0 Å². The maximum Gasteiger partial charge on any atom is 0.243 e. The molecule has 0 radical (unpaired) electrons. The second-order valence-electron chi connectivity index (χ2n) is 11.6. The summed E-state index contributed by atoms with van der Waals surface area (Å²) in [6, 6.07) is 38.4. The van der Waals surface area contributed by atoms with E-state index in [0.717, 1.165) is 39.9 Å². The fourth-order valence-corrected chi connectivity index (χ4v) is 7.33. The monoisotopic (exact) mass is 601 g/mol. The first-order valence-electron chi connectivity index (χ1n) is 15.5. The van der Waals surface area contributed by atoms with Crippen LogP contribution in [0.25, 0.3) is 22.3 Å². The molecule has 0 amide bonds. The smallest absolute Gasteiger partial charge is 0.243 e. The minimum Gasteiger partial charge on any atom is -0.310 e. The quantitative estimate of drug-likeness (QED) is 0.166. The van der Waals surface area contributed by atoms with Gasteiger partial charge in [-0.25, -0.2) is 8.42 Å². The van der Waals surface area contributed by atoms with Crippen molar-refractivity contribution in [2.45, 2.75) is 62.7 Å². The number of hydrogen-bond donors (Lipinski definition) is 1. The van der Waals surface area contributed by atoms with Crippen LogP contribution in [0.3, 0.4) is 0 Å². The summed E-state index contributed by atoms with van der Waals surface area (Å²) < 4.78 is 29.5. The van der Waals surface area contributed by atoms with E-state index >= 15 is 0 Å². The fourth-order valence-electron chi connectivity index (χ4n) is 5.91. The molecule has 4 aromatic carbocycles. The summed E-state index contributed by atoms with van der Waals surface area (Å²) in [5.41, 5.74) is 7.35. The average Bonchev–Trinajstić information content (AvgIpc) is 3.09. The normalized spacial score (nSPS) is 14.1. The minimum absolute atomic E-state index is 0.231. The van der Waals surface area contributed by atoms with Crippen LogP contribution in [0, 0.1) is 0 Å². The van der Waals surface area contributed by atoms with Crippen molar-refractivity contribution >= 4 is 10.0 Å². The zero-order valence-electron chi connectivity index (χ0n) is 25.0. The Morgan fingerprint density at radius 2 is 1.18 bits per heavy atom. The van der Waals surface area contributed by atoms with E-state index in [1.54, 1.807) is 24.5 Å². The van der Waals surface area contributed by atoms with Gasteiger partial charge in [-0.05, 0) is 70.0 Å². The predicted octanol–water partition coefficient (Wildman–Crippen LogP) is 8.23. The Labute approximate surface area is 261 Å². The van der Waals surface area contributed by atoms with Gasteiger partial charge in [-0.2, -0.15) is 4.31 Å². The van der Waals surface area contributed by atoms with Crippen molar-refractivity contribution in [2.24, 2.45) is 0 Å². The number of rotatable bonds is 11. The van der Waals surface area contributed by atoms with E-state index in [2.05, 4.69) is 46.7 Å². The lowest BCUT2D eigenvalue weighted by atomic mass is 9.95. The lowest BCUT2D eigenvalue weighted by Gasteiger charge is -2.23. The molecule has 1 aromatic heterocycles. The van der Waals surface area contributed by atoms with Crippen LogP contribution in [0.1, 0.15) is 48.8 Å². The van der Waals surface area contributed by atoms with Gasteiger partial charge < -0.3 is 5.32 Å². The molecular formula is C38H39N3O2S. The number of aromatic nitrogens is 1. The highest BCUT2D eigenvalue weighted by atomic mass is 32.2. The van der Waals surface area contributed by atoms with E-state index in [1.807, 2.05) is 66.7 Å². The Bertz CT molecular complexity index is 1720. The zero-order valence-corrected chi connectivity index (χ0v) is 25.8. The lowest BCUT2D eigenvalue weighted by molar-refractivity contribution is 0.372. The summed E-state index contributed by atoms with van der Waals surface area (Å²) in [7, 11) is -3.78. The molecule has 5 nitrogen and oxygen atoms in total. The topological polar surface area (TPSA) is 62.3 Å². The van der Waals surface area contributed by atoms with E-state index in [4.69, 9.17) is 0 Å². The van der Waals surface area contributed by atoms with Gasteiger partial charge >= 0.3 is 0 Å². The number of sulfonamides is 1. The standard InChI is InChI=1S/C38H39N3O2S/c42-44(43,38-23-21-36(22-24-38)33-9-3-1-4-10-33)41(29-32-8-7-25-39-26-32)28-31-15-19-35(20-16-31)34-17-13-30(14-18-34)27-40-37-11-5-2-6-12-37/h1,3-4,7-10,13-26,37,40H,2,5-6,11-12,27-29H2. The second kappa shape index (κ2) is 14.1. The third kappa shape index (κ3) is 7.51. The Morgan fingerprint density at radius 3 is 1.80 bits per heavy atom. The number of benzene rings is 4. The van der Waals surface area contributed by atoms with E-state index in [1.165, 1.54) is 42.0 Å². The van der Waals surface area contributed by atoms with Crippen molar-refractivity contribution in [2.75, 3.05) is 0 Å². The second-order valence-corrected chi connectivity index (χ2v) is 13.6. The van der Waals surface area contributed by atoms with Crippen molar-refractivity contribution in [1.29, 1.82) is 0 Å². The van der Waals surface area contributed by atoms with Crippen LogP contribution >= 0.6 is 0 Å². The van der Waals surface area contributed by atoms with Crippen LogP contribution in [0.15, 0.2) is 133 Å². The van der Waals surface area contributed by atoms with Crippen LogP contribution in [-0.4, -0.2) is 23.7 Å². The van der Waals surface area contributed by atoms with Crippen LogP contribution in [-0.2, 0) is 29.7 Å². The Morgan fingerprint density at radius 1 is 0.614 bits per heavy atom. The van der Waals surface area contributed by atoms with Crippen LogP contribution in [0.4, 0.5) is 0 Å². The van der Waals surface area contributed by atoms with E-state index in [-0.39, 0.29) is 18.0 Å². The molecular weight excluding hydrogens is 563 g/mol. The summed E-state index contributed by atoms with van der Waals surface area (Å²) >= 11 is 0. The summed E-state index contributed by atoms with van der Waals surface area (Å²) in [5, 5.41) is 3.72. The van der Waals surface area contributed by atoms with Gasteiger partial charge in [-0.15, -0.1) is 0 Å². The predicted molar refractivity (Wildman–Crippen MR) is 178 cm³/mol. The summed E-state index contributed by atoms with van der Waals surface area (Å²) in [6.45, 7) is 1.39. The molecule has 1 aliphatic carbocycles. The highest BCUT2D eigenvalue weighted by Gasteiger charge is 2.25. The molecule has 1 N–H and O–H groups in total. The van der Waals surface area contributed by atoms with Gasteiger partial charge in [0, 0.05) is 38.1 Å². The van der Waals surface area contributed by atoms with E-state index in [9.17, 15) is 8.42 Å². The Hall–Kier alpha value is -4.10. The van der Waals surface area contributed by atoms with Gasteiger partial charge in [0.1, 0.15) is 0 Å². The maximum absolute atomic E-state index is 14.0. The number of nitrogens with zero attached hydrogens (tertiary/aromatic N) is 2. The van der Waals surface area contributed by atoms with Crippen molar-refractivity contribution in [3.63, 3.8) is 0 Å². The van der Waals surface area contributed by atoms with Gasteiger partial charge in [-0.3, -0.25) is 4.98 Å². The summed E-state index contributed by atoms with van der Waals surface area (Å²) in [5.74, 6) is 0. The molecule has 6 rings (SSSR count). The molecule has 224 valence electrons. The number of nitrogens with one attached hydrogen (secondary N) is 1. The molecule has 1 heterocycles. The molecule has 0 atom stereocenters. The third-order valence-electron chi connectivity index (χ3n) is 8.48. The molecule has 0 unspecified atom stereocenters. The van der Waals surface area contributed by atoms with Crippen molar-refractivity contribution in [3.05, 3.63) is 144 Å². The largest absolute Gasteiger partial charge is 0.310 e. The molecule has 6 heteroatoms. The minimum atomic E-state index is -3.78. The van der Waals surface area contributed by atoms with Crippen LogP contribution in [0.5, 0.6) is 0 Å². The molecule has 44 heavy (non-hydrogen) atoms. The molecule has 1 aliphatic rings. The Kier molecular flexibility index (Phi) is 9.61. The average molecular weight is 602 g/mol. The molecule has 1 fully saturated rings. The zero-order chi connectivity index (χ0) is 30.2. The summed E-state index contributed by atoms with van der Waals surface area (Å²) in [6.07, 6.45) is 10.0. The van der Waals surface area contributed by atoms with Gasteiger partial charge in [0.15, 0.2) is 0 Å². The van der Waals surface area contributed by atoms with Gasteiger partial charge in [-0.1, -0.05) is 116 Å². The molecule has 0 saturated heterocycles. The summed E-state index contributed by atoms with van der Waals surface area (Å²) in [4.78, 5) is 4.48. The first kappa shape index (κ1) is 29.9. The van der Waals surface area contributed by atoms with Crippen LogP contribution < -0.4 is 5.32 Å². The first-order chi connectivity index (χ1) is 21.5. The lowest BCUT2D eigenvalue weighted by Crippen LogP contribution is -2.30. The van der Waals surface area contributed by atoms with Crippen molar-refractivity contribution < 1.29 is 8.42 Å².